The molecule has 1 saturated heterocycles. The van der Waals surface area contributed by atoms with Crippen molar-refractivity contribution in [2.75, 3.05) is 13.1 Å². The fourth-order valence-corrected chi connectivity index (χ4v) is 2.03. The number of rotatable bonds is 2. The average molecular weight is 237 g/mol. The number of amides is 1. The molecule has 1 aromatic heterocycles. The van der Waals surface area contributed by atoms with Gasteiger partial charge in [0, 0.05) is 25.2 Å². The smallest absolute Gasteiger partial charge is 0.271 e. The Morgan fingerprint density at radius 1 is 1.71 bits per heavy atom. The molecule has 7 heteroatoms. The lowest BCUT2D eigenvalue weighted by atomic mass is 9.97. The Hall–Kier alpha value is -2.05. The predicted molar refractivity (Wildman–Crippen MR) is 60.6 cm³/mol. The molecule has 0 saturated carbocycles. The van der Waals surface area contributed by atoms with E-state index in [1.54, 1.807) is 11.0 Å². The van der Waals surface area contributed by atoms with Crippen LogP contribution in [0.2, 0.25) is 0 Å². The Morgan fingerprint density at radius 2 is 2.53 bits per heavy atom. The molecule has 1 aromatic rings. The highest BCUT2D eigenvalue weighted by atomic mass is 16.4. The molecule has 0 radical (unpaired) electrons. The molecule has 2 heterocycles. The van der Waals surface area contributed by atoms with Crippen LogP contribution in [-0.2, 0) is 0 Å². The zero-order valence-electron chi connectivity index (χ0n) is 9.33. The van der Waals surface area contributed by atoms with Crippen LogP contribution < -0.4 is 5.73 Å². The van der Waals surface area contributed by atoms with Gasteiger partial charge in [-0.3, -0.25) is 9.89 Å². The normalized spacial score (nSPS) is 21.5. The van der Waals surface area contributed by atoms with Gasteiger partial charge >= 0.3 is 0 Å². The third-order valence-electron chi connectivity index (χ3n) is 2.97. The first-order valence-electron chi connectivity index (χ1n) is 5.48. The van der Waals surface area contributed by atoms with Crippen molar-refractivity contribution >= 4 is 11.7 Å². The fraction of sp³-hybridized carbons (Fsp3) is 0.500. The zero-order chi connectivity index (χ0) is 12.3. The number of hydrogen-bond acceptors (Lipinski definition) is 4. The summed E-state index contributed by atoms with van der Waals surface area (Å²) in [6, 6.07) is 1.63. The second-order valence-electron chi connectivity index (χ2n) is 4.09. The molecule has 2 rings (SSSR count). The Balaban J connectivity index is 2.05. The standard InChI is InChI=1S/C10H15N5O2/c11-9(14-17)7-2-1-5-15(6-7)10(16)8-3-4-12-13-8/h3-4,7,17H,1-2,5-6H2,(H2,11,14)(H,12,13). The molecule has 1 atom stereocenters. The molecule has 1 amide bonds. The molecule has 0 aliphatic carbocycles. The van der Waals surface area contributed by atoms with E-state index in [9.17, 15) is 4.79 Å². The predicted octanol–water partition coefficient (Wildman–Crippen LogP) is 0.00830. The van der Waals surface area contributed by atoms with Gasteiger partial charge in [-0.05, 0) is 18.9 Å². The number of aromatic amines is 1. The lowest BCUT2D eigenvalue weighted by Gasteiger charge is -2.31. The largest absolute Gasteiger partial charge is 0.409 e. The highest BCUT2D eigenvalue weighted by Crippen LogP contribution is 2.18. The second-order valence-corrected chi connectivity index (χ2v) is 4.09. The van der Waals surface area contributed by atoms with Gasteiger partial charge < -0.3 is 15.8 Å². The Kier molecular flexibility index (Phi) is 3.27. The topological polar surface area (TPSA) is 108 Å². The Bertz CT molecular complexity index is 414. The van der Waals surface area contributed by atoms with Crippen LogP contribution in [0.1, 0.15) is 23.3 Å². The fourth-order valence-electron chi connectivity index (χ4n) is 2.03. The molecule has 0 bridgehead atoms. The van der Waals surface area contributed by atoms with E-state index in [1.165, 1.54) is 6.20 Å². The van der Waals surface area contributed by atoms with Crippen molar-refractivity contribution in [1.29, 1.82) is 0 Å². The van der Waals surface area contributed by atoms with Crippen LogP contribution in [0.3, 0.4) is 0 Å². The number of carbonyl (C=O) groups excluding carboxylic acids is 1. The second kappa shape index (κ2) is 4.86. The van der Waals surface area contributed by atoms with Crippen molar-refractivity contribution in [2.45, 2.75) is 12.8 Å². The number of nitrogens with one attached hydrogen (secondary N) is 1. The van der Waals surface area contributed by atoms with Crippen LogP contribution in [0.4, 0.5) is 0 Å². The number of H-pyrrole nitrogens is 1. The van der Waals surface area contributed by atoms with Crippen molar-refractivity contribution in [3.8, 4) is 0 Å². The number of carbonyl (C=O) groups is 1. The van der Waals surface area contributed by atoms with E-state index in [4.69, 9.17) is 10.9 Å². The third kappa shape index (κ3) is 2.38. The van der Waals surface area contributed by atoms with Gasteiger partial charge in [-0.2, -0.15) is 5.10 Å². The zero-order valence-corrected chi connectivity index (χ0v) is 9.33. The van der Waals surface area contributed by atoms with E-state index in [0.717, 1.165) is 12.8 Å². The van der Waals surface area contributed by atoms with Gasteiger partial charge in [-0.25, -0.2) is 0 Å². The maximum absolute atomic E-state index is 12.0. The van der Waals surface area contributed by atoms with Crippen LogP contribution in [0.5, 0.6) is 0 Å². The molecule has 1 aliphatic rings. The lowest BCUT2D eigenvalue weighted by molar-refractivity contribution is 0.0695. The van der Waals surface area contributed by atoms with Gasteiger partial charge in [0.25, 0.3) is 5.91 Å². The SMILES string of the molecule is NC(=NO)C1CCCN(C(=O)c2ccn[nH]2)C1. The molecule has 1 unspecified atom stereocenters. The van der Waals surface area contributed by atoms with Crippen molar-refractivity contribution < 1.29 is 10.0 Å². The van der Waals surface area contributed by atoms with Gasteiger partial charge in [0.15, 0.2) is 0 Å². The molecular weight excluding hydrogens is 222 g/mol. The van der Waals surface area contributed by atoms with E-state index < -0.39 is 0 Å². The maximum atomic E-state index is 12.0. The molecule has 0 spiro atoms. The minimum Gasteiger partial charge on any atom is -0.409 e. The number of aromatic nitrogens is 2. The number of likely N-dealkylation sites (tertiary alicyclic amines) is 1. The molecular formula is C10H15N5O2. The summed E-state index contributed by atoms with van der Waals surface area (Å²) in [6.07, 6.45) is 3.22. The summed E-state index contributed by atoms with van der Waals surface area (Å²) in [5, 5.41) is 18.0. The van der Waals surface area contributed by atoms with Crippen LogP contribution in [0.15, 0.2) is 17.4 Å². The summed E-state index contributed by atoms with van der Waals surface area (Å²) in [7, 11) is 0. The average Bonchev–Trinajstić information content (AvgIpc) is 2.91. The van der Waals surface area contributed by atoms with Gasteiger partial charge in [0.2, 0.25) is 0 Å². The number of nitrogens with two attached hydrogens (primary N) is 1. The summed E-state index contributed by atoms with van der Waals surface area (Å²) in [4.78, 5) is 13.7. The molecule has 4 N–H and O–H groups in total. The first kappa shape index (κ1) is 11.4. The summed E-state index contributed by atoms with van der Waals surface area (Å²) < 4.78 is 0. The number of piperidine rings is 1. The molecule has 7 nitrogen and oxygen atoms in total. The van der Waals surface area contributed by atoms with Crippen molar-refractivity contribution in [3.63, 3.8) is 0 Å². The van der Waals surface area contributed by atoms with Crippen molar-refractivity contribution in [2.24, 2.45) is 16.8 Å². The van der Waals surface area contributed by atoms with Crippen molar-refractivity contribution in [3.05, 3.63) is 18.0 Å². The Morgan fingerprint density at radius 3 is 3.18 bits per heavy atom. The highest BCUT2D eigenvalue weighted by molar-refractivity contribution is 5.93. The molecule has 92 valence electrons. The summed E-state index contributed by atoms with van der Waals surface area (Å²) in [5.41, 5.74) is 6.03. The lowest BCUT2D eigenvalue weighted by Crippen LogP contribution is -2.44. The number of amidine groups is 1. The number of hydrogen-bond donors (Lipinski definition) is 3. The van der Waals surface area contributed by atoms with Crippen LogP contribution in [0.25, 0.3) is 0 Å². The third-order valence-corrected chi connectivity index (χ3v) is 2.97. The minimum absolute atomic E-state index is 0.0689. The van der Waals surface area contributed by atoms with Gasteiger partial charge in [0.1, 0.15) is 11.5 Å². The van der Waals surface area contributed by atoms with E-state index in [0.29, 0.717) is 18.8 Å². The van der Waals surface area contributed by atoms with Gasteiger partial charge in [-0.15, -0.1) is 0 Å². The van der Waals surface area contributed by atoms with Crippen LogP contribution in [0, 0.1) is 5.92 Å². The van der Waals surface area contributed by atoms with E-state index in [-0.39, 0.29) is 17.7 Å². The van der Waals surface area contributed by atoms with E-state index >= 15 is 0 Å². The monoisotopic (exact) mass is 237 g/mol. The van der Waals surface area contributed by atoms with E-state index in [1.807, 2.05) is 0 Å². The summed E-state index contributed by atoms with van der Waals surface area (Å²) in [5.74, 6) is 0.0191. The maximum Gasteiger partial charge on any atom is 0.271 e. The van der Waals surface area contributed by atoms with Crippen LogP contribution >= 0.6 is 0 Å². The van der Waals surface area contributed by atoms with E-state index in [2.05, 4.69) is 15.4 Å². The summed E-state index contributed by atoms with van der Waals surface area (Å²) >= 11 is 0. The molecule has 17 heavy (non-hydrogen) atoms. The first-order valence-corrected chi connectivity index (χ1v) is 5.48. The molecule has 1 fully saturated rings. The number of oxime groups is 1. The highest BCUT2D eigenvalue weighted by Gasteiger charge is 2.27. The van der Waals surface area contributed by atoms with Crippen LogP contribution in [-0.4, -0.2) is 45.1 Å². The van der Waals surface area contributed by atoms with Crippen molar-refractivity contribution in [1.82, 2.24) is 15.1 Å². The Labute approximate surface area is 98.3 Å². The minimum atomic E-state index is -0.0991. The number of nitrogens with zero attached hydrogens (tertiary/aromatic N) is 3. The quantitative estimate of drug-likeness (QED) is 0.291. The summed E-state index contributed by atoms with van der Waals surface area (Å²) in [6.45, 7) is 1.17. The van der Waals surface area contributed by atoms with Gasteiger partial charge in [-0.1, -0.05) is 5.16 Å². The molecule has 0 aromatic carbocycles. The first-order chi connectivity index (χ1) is 8.22. The van der Waals surface area contributed by atoms with Gasteiger partial charge in [0.05, 0.1) is 0 Å². The molecule has 1 aliphatic heterocycles.